The smallest absolute Gasteiger partial charge is 0.294 e. The molecule has 8 heteroatoms. The minimum atomic E-state index is -0.234. The van der Waals surface area contributed by atoms with Gasteiger partial charge in [-0.3, -0.25) is 9.59 Å². The summed E-state index contributed by atoms with van der Waals surface area (Å²) < 4.78 is 5.30. The molecule has 0 fully saturated rings. The zero-order valence-corrected chi connectivity index (χ0v) is 16.0. The Morgan fingerprint density at radius 1 is 1.22 bits per heavy atom. The van der Waals surface area contributed by atoms with Crippen LogP contribution in [0.15, 0.2) is 41.0 Å². The molecule has 2 aromatic heterocycles. The topological polar surface area (TPSA) is 79.5 Å². The van der Waals surface area contributed by atoms with Crippen LogP contribution in [0.1, 0.15) is 29.4 Å². The quantitative estimate of drug-likeness (QED) is 0.678. The monoisotopic (exact) mass is 382 g/mol. The number of hydrogen-bond acceptors (Lipinski definition) is 6. The van der Waals surface area contributed by atoms with Gasteiger partial charge in [-0.2, -0.15) is 0 Å². The molecule has 0 saturated heterocycles. The van der Waals surface area contributed by atoms with Gasteiger partial charge in [0.05, 0.1) is 23.7 Å². The standard InChI is InChI=1S/C19H18N4O3S/c1-11-10-22(19(25)17-5-4-8-26-17)16-9-14(18-21-20-12(2)27-18)6-7-15(16)23(11)13(3)24/h4-9,11H,10H2,1-3H3. The number of carbonyl (C=O) groups excluding carboxylic acids is 2. The van der Waals surface area contributed by atoms with Crippen LogP contribution in [0, 0.1) is 6.92 Å². The second-order valence-corrected chi connectivity index (χ2v) is 7.64. The van der Waals surface area contributed by atoms with E-state index in [-0.39, 0.29) is 23.6 Å². The lowest BCUT2D eigenvalue weighted by Gasteiger charge is -2.40. The molecule has 0 saturated carbocycles. The summed E-state index contributed by atoms with van der Waals surface area (Å²) in [6.45, 7) is 5.73. The Labute approximate surface area is 160 Å². The summed E-state index contributed by atoms with van der Waals surface area (Å²) in [7, 11) is 0. The van der Waals surface area contributed by atoms with E-state index in [0.717, 1.165) is 15.6 Å². The second kappa shape index (κ2) is 6.62. The van der Waals surface area contributed by atoms with Gasteiger partial charge < -0.3 is 14.2 Å². The van der Waals surface area contributed by atoms with Crippen LogP contribution < -0.4 is 9.80 Å². The molecule has 3 aromatic rings. The van der Waals surface area contributed by atoms with Crippen molar-refractivity contribution >= 4 is 34.5 Å². The number of aryl methyl sites for hydroxylation is 1. The molecule has 1 unspecified atom stereocenters. The molecular formula is C19H18N4O3S. The number of hydrogen-bond donors (Lipinski definition) is 0. The largest absolute Gasteiger partial charge is 0.459 e. The van der Waals surface area contributed by atoms with E-state index in [4.69, 9.17) is 4.42 Å². The Morgan fingerprint density at radius 3 is 2.67 bits per heavy atom. The number of furan rings is 1. The Hall–Kier alpha value is -3.00. The number of aromatic nitrogens is 2. The number of anilines is 2. The van der Waals surface area contributed by atoms with Crippen molar-refractivity contribution in [1.82, 2.24) is 10.2 Å². The van der Waals surface area contributed by atoms with Crippen molar-refractivity contribution in [3.8, 4) is 10.6 Å². The fourth-order valence-electron chi connectivity index (χ4n) is 3.38. The maximum absolute atomic E-state index is 13.0. The molecule has 0 aliphatic carbocycles. The number of nitrogens with zero attached hydrogens (tertiary/aromatic N) is 4. The first kappa shape index (κ1) is 17.4. The number of fused-ring (bicyclic) bond motifs is 1. The van der Waals surface area contributed by atoms with Crippen LogP contribution in [-0.2, 0) is 4.79 Å². The number of rotatable bonds is 2. The summed E-state index contributed by atoms with van der Waals surface area (Å²) in [6.07, 6.45) is 1.48. The first-order valence-electron chi connectivity index (χ1n) is 8.55. The van der Waals surface area contributed by atoms with Gasteiger partial charge in [-0.25, -0.2) is 0 Å². The van der Waals surface area contributed by atoms with Gasteiger partial charge in [0.25, 0.3) is 5.91 Å². The Morgan fingerprint density at radius 2 is 2.04 bits per heavy atom. The van der Waals surface area contributed by atoms with Crippen molar-refractivity contribution < 1.29 is 14.0 Å². The van der Waals surface area contributed by atoms with E-state index in [1.54, 1.807) is 21.9 Å². The summed E-state index contributed by atoms with van der Waals surface area (Å²) in [4.78, 5) is 28.6. The Balaban J connectivity index is 1.85. The van der Waals surface area contributed by atoms with Crippen molar-refractivity contribution in [1.29, 1.82) is 0 Å². The molecule has 1 aliphatic rings. The van der Waals surface area contributed by atoms with Gasteiger partial charge in [0.15, 0.2) is 5.76 Å². The minimum absolute atomic E-state index is 0.0617. The molecule has 27 heavy (non-hydrogen) atoms. The summed E-state index contributed by atoms with van der Waals surface area (Å²) in [5, 5.41) is 9.89. The molecule has 0 N–H and O–H groups in total. The van der Waals surface area contributed by atoms with Crippen molar-refractivity contribution in [2.75, 3.05) is 16.3 Å². The van der Waals surface area contributed by atoms with Gasteiger partial charge >= 0.3 is 0 Å². The molecule has 1 aliphatic heterocycles. The third-order valence-electron chi connectivity index (χ3n) is 4.50. The maximum Gasteiger partial charge on any atom is 0.294 e. The van der Waals surface area contributed by atoms with E-state index in [2.05, 4.69) is 10.2 Å². The van der Waals surface area contributed by atoms with E-state index in [1.807, 2.05) is 32.0 Å². The van der Waals surface area contributed by atoms with Crippen molar-refractivity contribution in [2.45, 2.75) is 26.8 Å². The molecule has 138 valence electrons. The molecule has 3 heterocycles. The van der Waals surface area contributed by atoms with Crippen LogP contribution in [-0.4, -0.2) is 34.6 Å². The molecule has 2 amide bonds. The van der Waals surface area contributed by atoms with Gasteiger partial charge in [0.2, 0.25) is 5.91 Å². The van der Waals surface area contributed by atoms with E-state index in [9.17, 15) is 9.59 Å². The van der Waals surface area contributed by atoms with Crippen LogP contribution >= 0.6 is 11.3 Å². The molecule has 7 nitrogen and oxygen atoms in total. The fourth-order valence-corrected chi connectivity index (χ4v) is 4.06. The van der Waals surface area contributed by atoms with Gasteiger partial charge in [0, 0.05) is 19.0 Å². The average Bonchev–Trinajstić information content (AvgIpc) is 3.31. The van der Waals surface area contributed by atoms with Gasteiger partial charge in [-0.1, -0.05) is 11.3 Å². The van der Waals surface area contributed by atoms with Crippen LogP contribution in [0.3, 0.4) is 0 Å². The van der Waals surface area contributed by atoms with E-state index in [0.29, 0.717) is 17.9 Å². The van der Waals surface area contributed by atoms with Gasteiger partial charge in [0.1, 0.15) is 10.0 Å². The predicted molar refractivity (Wildman–Crippen MR) is 103 cm³/mol. The molecule has 0 bridgehead atoms. The third-order valence-corrected chi connectivity index (χ3v) is 5.39. The highest BCUT2D eigenvalue weighted by molar-refractivity contribution is 7.14. The van der Waals surface area contributed by atoms with Crippen LogP contribution in [0.2, 0.25) is 0 Å². The van der Waals surface area contributed by atoms with Crippen molar-refractivity contribution in [2.24, 2.45) is 0 Å². The van der Waals surface area contributed by atoms with E-state index >= 15 is 0 Å². The van der Waals surface area contributed by atoms with Crippen LogP contribution in [0.25, 0.3) is 10.6 Å². The molecular weight excluding hydrogens is 364 g/mol. The summed E-state index contributed by atoms with van der Waals surface area (Å²) in [6, 6.07) is 8.83. The predicted octanol–water partition coefficient (Wildman–Crippen LogP) is 3.51. The number of amides is 2. The lowest BCUT2D eigenvalue weighted by Crippen LogP contribution is -2.51. The highest BCUT2D eigenvalue weighted by Gasteiger charge is 2.35. The fraction of sp³-hybridized carbons (Fsp3) is 0.263. The molecule has 0 radical (unpaired) electrons. The highest BCUT2D eigenvalue weighted by atomic mass is 32.1. The highest BCUT2D eigenvalue weighted by Crippen LogP contribution is 2.40. The lowest BCUT2D eigenvalue weighted by molar-refractivity contribution is -0.117. The lowest BCUT2D eigenvalue weighted by atomic mass is 10.0. The van der Waals surface area contributed by atoms with E-state index in [1.165, 1.54) is 24.5 Å². The summed E-state index contributed by atoms with van der Waals surface area (Å²) >= 11 is 1.48. The summed E-state index contributed by atoms with van der Waals surface area (Å²) in [5.41, 5.74) is 2.22. The molecule has 0 spiro atoms. The van der Waals surface area contributed by atoms with Crippen molar-refractivity contribution in [3.05, 3.63) is 47.4 Å². The zero-order chi connectivity index (χ0) is 19.1. The first-order chi connectivity index (χ1) is 13.0. The number of benzene rings is 1. The van der Waals surface area contributed by atoms with E-state index < -0.39 is 0 Å². The van der Waals surface area contributed by atoms with Crippen LogP contribution in [0.4, 0.5) is 11.4 Å². The molecule has 4 rings (SSSR count). The van der Waals surface area contributed by atoms with Crippen molar-refractivity contribution in [3.63, 3.8) is 0 Å². The van der Waals surface area contributed by atoms with Gasteiger partial charge in [-0.05, 0) is 44.2 Å². The second-order valence-electron chi connectivity index (χ2n) is 6.46. The third kappa shape index (κ3) is 3.02. The Bertz CT molecular complexity index is 1010. The normalized spacial score (nSPS) is 16.3. The average molecular weight is 382 g/mol. The number of carbonyl (C=O) groups is 2. The first-order valence-corrected chi connectivity index (χ1v) is 9.37. The maximum atomic E-state index is 13.0. The Kier molecular flexibility index (Phi) is 4.27. The SMILES string of the molecule is CC(=O)N1c2ccc(-c3nnc(C)s3)cc2N(C(=O)c2ccco2)CC1C. The van der Waals surface area contributed by atoms with Crippen LogP contribution in [0.5, 0.6) is 0 Å². The minimum Gasteiger partial charge on any atom is -0.459 e. The van der Waals surface area contributed by atoms with Gasteiger partial charge in [-0.15, -0.1) is 10.2 Å². The molecule has 1 atom stereocenters. The zero-order valence-electron chi connectivity index (χ0n) is 15.2. The summed E-state index contributed by atoms with van der Waals surface area (Å²) in [5.74, 6) is -0.0307. The molecule has 1 aromatic carbocycles.